The summed E-state index contributed by atoms with van der Waals surface area (Å²) in [7, 11) is 1.04. The maximum atomic E-state index is 12.4. The largest absolute Gasteiger partial charge is 0.383 e. The molecule has 0 aliphatic heterocycles. The molecule has 0 aliphatic rings. The van der Waals surface area contributed by atoms with Gasteiger partial charge in [-0.15, -0.1) is 0 Å². The minimum Gasteiger partial charge on any atom is -0.340 e. The molecule has 1 amide bonds. The van der Waals surface area contributed by atoms with Crippen LogP contribution in [0, 0.1) is 0 Å². The van der Waals surface area contributed by atoms with Crippen molar-refractivity contribution in [3.63, 3.8) is 0 Å². The van der Waals surface area contributed by atoms with Crippen LogP contribution in [0.15, 0.2) is 0 Å². The molecule has 0 saturated carbocycles. The molecule has 2 N–H and O–H groups in total. The van der Waals surface area contributed by atoms with Gasteiger partial charge in [0.2, 0.25) is 0 Å². The third kappa shape index (κ3) is 3.13. The average molecular weight is 216 g/mol. The first kappa shape index (κ1) is 13.2. The number of nitrogens with two attached hydrogens (primary N) is 1. The first-order valence-electron chi connectivity index (χ1n) is 3.95. The van der Waals surface area contributed by atoms with Gasteiger partial charge < -0.3 is 10.6 Å². The Bertz CT molecular complexity index is 198. The van der Waals surface area contributed by atoms with E-state index < -0.39 is 18.3 Å². The fourth-order valence-electron chi connectivity index (χ4n) is 0.778. The number of halogens is 4. The third-order valence-electron chi connectivity index (χ3n) is 1.60. The van der Waals surface area contributed by atoms with Crippen LogP contribution in [0.5, 0.6) is 0 Å². The lowest BCUT2D eigenvalue weighted by molar-refractivity contribution is -0.179. The van der Waals surface area contributed by atoms with Crippen molar-refractivity contribution in [3.05, 3.63) is 0 Å². The molecule has 0 fully saturated rings. The molecular formula is C7H12F4N2O. The summed E-state index contributed by atoms with van der Waals surface area (Å²) >= 11 is 0. The topological polar surface area (TPSA) is 46.3 Å². The van der Waals surface area contributed by atoms with Crippen molar-refractivity contribution < 1.29 is 22.4 Å². The van der Waals surface area contributed by atoms with Gasteiger partial charge in [0, 0.05) is 13.6 Å². The van der Waals surface area contributed by atoms with Crippen LogP contribution in [0.3, 0.4) is 0 Å². The van der Waals surface area contributed by atoms with Crippen LogP contribution >= 0.6 is 0 Å². The first-order chi connectivity index (χ1) is 6.34. The zero-order valence-corrected chi connectivity index (χ0v) is 7.64. The van der Waals surface area contributed by atoms with E-state index in [1.807, 2.05) is 0 Å². The van der Waals surface area contributed by atoms with Crippen molar-refractivity contribution in [1.29, 1.82) is 0 Å². The highest BCUT2D eigenvalue weighted by molar-refractivity contribution is 5.83. The van der Waals surface area contributed by atoms with E-state index in [-0.39, 0.29) is 13.1 Å². The molecule has 0 aromatic carbocycles. The Labute approximate surface area is 78.9 Å². The minimum absolute atomic E-state index is 0.0579. The summed E-state index contributed by atoms with van der Waals surface area (Å²) in [5.41, 5.74) is 5.07. The maximum absolute atomic E-state index is 12.4. The zero-order valence-electron chi connectivity index (χ0n) is 7.64. The lowest BCUT2D eigenvalue weighted by Crippen LogP contribution is -2.46. The van der Waals surface area contributed by atoms with Crippen molar-refractivity contribution in [3.8, 4) is 0 Å². The minimum atomic E-state index is -4.61. The van der Waals surface area contributed by atoms with Crippen LogP contribution < -0.4 is 5.73 Å². The first-order valence-corrected chi connectivity index (χ1v) is 3.95. The second-order valence-corrected chi connectivity index (χ2v) is 2.79. The summed E-state index contributed by atoms with van der Waals surface area (Å²) in [5.74, 6) is -6.48. The van der Waals surface area contributed by atoms with E-state index in [1.54, 1.807) is 0 Å². The number of nitrogens with zero attached hydrogens (tertiary/aromatic N) is 1. The molecule has 0 rings (SSSR count). The SMILES string of the molecule is CN(CCCN)C(=O)C(F)(F)C(F)F. The van der Waals surface area contributed by atoms with Crippen LogP contribution in [0.4, 0.5) is 17.6 Å². The molecule has 84 valence electrons. The van der Waals surface area contributed by atoms with E-state index in [1.165, 1.54) is 0 Å². The summed E-state index contributed by atoms with van der Waals surface area (Å²) in [5, 5.41) is 0. The van der Waals surface area contributed by atoms with Crippen molar-refractivity contribution in [1.82, 2.24) is 4.90 Å². The average Bonchev–Trinajstić information content (AvgIpc) is 2.12. The quantitative estimate of drug-likeness (QED) is 0.687. The molecule has 0 atom stereocenters. The standard InChI is InChI=1S/C7H12F4N2O/c1-13(4-2-3-12)6(14)7(10,11)5(8)9/h5H,2-4,12H2,1H3. The van der Waals surface area contributed by atoms with E-state index in [9.17, 15) is 22.4 Å². The number of alkyl halides is 4. The highest BCUT2D eigenvalue weighted by Gasteiger charge is 2.50. The molecule has 3 nitrogen and oxygen atoms in total. The van der Waals surface area contributed by atoms with Crippen LogP contribution in [0.1, 0.15) is 6.42 Å². The molecule has 0 bridgehead atoms. The Morgan fingerprint density at radius 1 is 1.50 bits per heavy atom. The van der Waals surface area contributed by atoms with Gasteiger partial charge in [0.1, 0.15) is 0 Å². The number of carbonyl (C=O) groups is 1. The van der Waals surface area contributed by atoms with Crippen molar-refractivity contribution in [2.45, 2.75) is 18.8 Å². The van der Waals surface area contributed by atoms with Crippen molar-refractivity contribution >= 4 is 5.91 Å². The molecular weight excluding hydrogens is 204 g/mol. The lowest BCUT2D eigenvalue weighted by Gasteiger charge is -2.22. The maximum Gasteiger partial charge on any atom is 0.383 e. The van der Waals surface area contributed by atoms with Crippen LogP contribution in [0.25, 0.3) is 0 Å². The Morgan fingerprint density at radius 3 is 2.36 bits per heavy atom. The molecule has 14 heavy (non-hydrogen) atoms. The summed E-state index contributed by atoms with van der Waals surface area (Å²) in [6.45, 7) is 0.148. The molecule has 0 aromatic rings. The van der Waals surface area contributed by atoms with Gasteiger partial charge in [-0.2, -0.15) is 8.78 Å². The predicted molar refractivity (Wildman–Crippen MR) is 42.3 cm³/mol. The lowest BCUT2D eigenvalue weighted by atomic mass is 10.3. The third-order valence-corrected chi connectivity index (χ3v) is 1.60. The smallest absolute Gasteiger partial charge is 0.340 e. The van der Waals surface area contributed by atoms with Gasteiger partial charge in [0.05, 0.1) is 0 Å². The number of hydrogen-bond acceptors (Lipinski definition) is 2. The van der Waals surface area contributed by atoms with E-state index in [2.05, 4.69) is 0 Å². The fourth-order valence-corrected chi connectivity index (χ4v) is 0.778. The number of rotatable bonds is 5. The van der Waals surface area contributed by atoms with Gasteiger partial charge >= 0.3 is 12.3 Å². The van der Waals surface area contributed by atoms with E-state index in [4.69, 9.17) is 5.73 Å². The fraction of sp³-hybridized carbons (Fsp3) is 0.857. The Kier molecular flexibility index (Phi) is 4.82. The van der Waals surface area contributed by atoms with E-state index in [0.717, 1.165) is 7.05 Å². The predicted octanol–water partition coefficient (Wildman–Crippen LogP) is 0.694. The Hall–Kier alpha value is -0.850. The number of hydrogen-bond donors (Lipinski definition) is 1. The molecule has 0 radical (unpaired) electrons. The van der Waals surface area contributed by atoms with Gasteiger partial charge in [-0.05, 0) is 13.0 Å². The van der Waals surface area contributed by atoms with Crippen molar-refractivity contribution in [2.24, 2.45) is 5.73 Å². The monoisotopic (exact) mass is 216 g/mol. The Balaban J connectivity index is 4.30. The second-order valence-electron chi connectivity index (χ2n) is 2.79. The van der Waals surface area contributed by atoms with Crippen LogP contribution in [0.2, 0.25) is 0 Å². The van der Waals surface area contributed by atoms with Gasteiger partial charge in [-0.1, -0.05) is 0 Å². The highest BCUT2D eigenvalue weighted by atomic mass is 19.3. The molecule has 0 saturated heterocycles. The molecule has 0 unspecified atom stereocenters. The molecule has 0 heterocycles. The van der Waals surface area contributed by atoms with Gasteiger partial charge in [-0.3, -0.25) is 4.79 Å². The van der Waals surface area contributed by atoms with E-state index >= 15 is 0 Å². The molecule has 0 aliphatic carbocycles. The van der Waals surface area contributed by atoms with Gasteiger partial charge in [-0.25, -0.2) is 8.78 Å². The van der Waals surface area contributed by atoms with Crippen LogP contribution in [-0.2, 0) is 4.79 Å². The summed E-state index contributed by atoms with van der Waals surface area (Å²) in [6.07, 6.45) is -3.68. The van der Waals surface area contributed by atoms with Gasteiger partial charge in [0.25, 0.3) is 5.91 Å². The number of carbonyl (C=O) groups excluding carboxylic acids is 1. The normalized spacial score (nSPS) is 11.9. The summed E-state index contributed by atoms with van der Waals surface area (Å²) < 4.78 is 48.3. The van der Waals surface area contributed by atoms with E-state index in [0.29, 0.717) is 11.3 Å². The molecule has 0 spiro atoms. The second kappa shape index (κ2) is 5.14. The van der Waals surface area contributed by atoms with Crippen molar-refractivity contribution in [2.75, 3.05) is 20.1 Å². The summed E-state index contributed by atoms with van der Waals surface area (Å²) in [4.78, 5) is 11.3. The van der Waals surface area contributed by atoms with Crippen LogP contribution in [-0.4, -0.2) is 43.3 Å². The van der Waals surface area contributed by atoms with Gasteiger partial charge in [0.15, 0.2) is 0 Å². The summed E-state index contributed by atoms with van der Waals surface area (Å²) in [6, 6.07) is 0. The zero-order chi connectivity index (χ0) is 11.4. The molecule has 7 heteroatoms. The number of amides is 1. The Morgan fingerprint density at radius 2 is 2.00 bits per heavy atom. The molecule has 0 aromatic heterocycles. The highest BCUT2D eigenvalue weighted by Crippen LogP contribution is 2.24.